The van der Waals surface area contributed by atoms with Crippen molar-refractivity contribution < 1.29 is 19.0 Å². The molecule has 0 spiro atoms. The molecule has 172 valence electrons. The van der Waals surface area contributed by atoms with Crippen LogP contribution < -0.4 is 14.2 Å². The van der Waals surface area contributed by atoms with Gasteiger partial charge in [-0.15, -0.1) is 0 Å². The van der Waals surface area contributed by atoms with Gasteiger partial charge < -0.3 is 19.1 Å². The molecule has 2 aromatic rings. The molecule has 32 heavy (non-hydrogen) atoms. The number of carbonyl (C=O) groups excluding carboxylic acids is 1. The first-order valence-electron chi connectivity index (χ1n) is 11.5. The van der Waals surface area contributed by atoms with Gasteiger partial charge in [0.2, 0.25) is 5.91 Å². The molecule has 0 radical (unpaired) electrons. The van der Waals surface area contributed by atoms with Gasteiger partial charge in [0.05, 0.1) is 21.3 Å². The van der Waals surface area contributed by atoms with Crippen molar-refractivity contribution in [3.63, 3.8) is 0 Å². The zero-order valence-electron chi connectivity index (χ0n) is 19.4. The average Bonchev–Trinajstić information content (AvgIpc) is 2.84. The van der Waals surface area contributed by atoms with Crippen LogP contribution in [0.2, 0.25) is 0 Å². The number of carbonyl (C=O) groups is 1. The van der Waals surface area contributed by atoms with Gasteiger partial charge in [-0.2, -0.15) is 0 Å². The molecule has 2 aromatic carbocycles. The van der Waals surface area contributed by atoms with E-state index in [0.717, 1.165) is 69.2 Å². The lowest BCUT2D eigenvalue weighted by Gasteiger charge is -2.36. The van der Waals surface area contributed by atoms with E-state index < -0.39 is 0 Å². The van der Waals surface area contributed by atoms with Crippen LogP contribution in [-0.2, 0) is 17.8 Å². The van der Waals surface area contributed by atoms with Crippen molar-refractivity contribution >= 4 is 5.91 Å². The lowest BCUT2D eigenvalue weighted by atomic mass is 9.80. The Kier molecular flexibility index (Phi) is 7.20. The highest BCUT2D eigenvalue weighted by Gasteiger charge is 2.27. The Hall–Kier alpha value is -2.73. The highest BCUT2D eigenvalue weighted by molar-refractivity contribution is 5.77. The summed E-state index contributed by atoms with van der Waals surface area (Å²) in [6.07, 6.45) is 3.91. The second-order valence-electron chi connectivity index (χ2n) is 8.70. The Labute approximate surface area is 191 Å². The summed E-state index contributed by atoms with van der Waals surface area (Å²) in [5, 5.41) is 0. The third-order valence-electron chi connectivity index (χ3n) is 6.79. The van der Waals surface area contributed by atoms with Gasteiger partial charge in [-0.3, -0.25) is 9.69 Å². The molecule has 1 aliphatic heterocycles. The molecule has 1 heterocycles. The lowest BCUT2D eigenvalue weighted by Crippen LogP contribution is -2.48. The maximum Gasteiger partial charge on any atom is 0.223 e. The van der Waals surface area contributed by atoms with Crippen LogP contribution in [0.5, 0.6) is 17.2 Å². The molecule has 6 nitrogen and oxygen atoms in total. The summed E-state index contributed by atoms with van der Waals surface area (Å²) in [4.78, 5) is 17.5. The molecule has 0 saturated carbocycles. The van der Waals surface area contributed by atoms with Crippen molar-refractivity contribution in [1.82, 2.24) is 9.80 Å². The van der Waals surface area contributed by atoms with E-state index in [4.69, 9.17) is 14.2 Å². The number of nitrogens with zero attached hydrogens (tertiary/aromatic N) is 2. The lowest BCUT2D eigenvalue weighted by molar-refractivity contribution is -0.133. The Morgan fingerprint density at radius 3 is 2.44 bits per heavy atom. The first kappa shape index (κ1) is 22.5. The Morgan fingerprint density at radius 1 is 0.938 bits per heavy atom. The van der Waals surface area contributed by atoms with E-state index in [1.165, 1.54) is 16.7 Å². The Morgan fingerprint density at radius 2 is 1.72 bits per heavy atom. The molecule has 0 aromatic heterocycles. The van der Waals surface area contributed by atoms with Crippen molar-refractivity contribution in [1.29, 1.82) is 0 Å². The Balaban J connectivity index is 1.31. The fourth-order valence-electron chi connectivity index (χ4n) is 4.96. The number of ether oxygens (including phenoxy) is 3. The van der Waals surface area contributed by atoms with Crippen molar-refractivity contribution in [3.8, 4) is 17.2 Å². The molecule has 1 unspecified atom stereocenters. The van der Waals surface area contributed by atoms with Gasteiger partial charge in [-0.1, -0.05) is 12.1 Å². The molecule has 0 N–H and O–H groups in total. The molecule has 1 atom stereocenters. The maximum atomic E-state index is 13.1. The number of hydrogen-bond acceptors (Lipinski definition) is 5. The summed E-state index contributed by atoms with van der Waals surface area (Å²) in [7, 11) is 5.01. The second kappa shape index (κ2) is 10.3. The summed E-state index contributed by atoms with van der Waals surface area (Å²) >= 11 is 0. The summed E-state index contributed by atoms with van der Waals surface area (Å²) in [5.41, 5.74) is 3.86. The molecular formula is C26H34N2O4. The number of amides is 1. The van der Waals surface area contributed by atoms with Crippen LogP contribution in [-0.4, -0.2) is 63.2 Å². The van der Waals surface area contributed by atoms with Gasteiger partial charge in [-0.05, 0) is 66.1 Å². The number of piperazine rings is 1. The largest absolute Gasteiger partial charge is 0.497 e. The minimum absolute atomic E-state index is 0.282. The monoisotopic (exact) mass is 438 g/mol. The molecule has 1 fully saturated rings. The SMILES string of the molecule is COc1ccc2c(c1)CCCC2CC(=O)N1CCN(Cc2ccc(OC)c(OC)c2)CC1. The quantitative estimate of drug-likeness (QED) is 0.657. The topological polar surface area (TPSA) is 51.2 Å². The van der Waals surface area contributed by atoms with Gasteiger partial charge in [0.25, 0.3) is 0 Å². The van der Waals surface area contributed by atoms with Gasteiger partial charge in [0, 0.05) is 39.1 Å². The van der Waals surface area contributed by atoms with Crippen molar-refractivity contribution in [2.24, 2.45) is 0 Å². The smallest absolute Gasteiger partial charge is 0.223 e. The number of fused-ring (bicyclic) bond motifs is 1. The van der Waals surface area contributed by atoms with Gasteiger partial charge in [0.15, 0.2) is 11.5 Å². The van der Waals surface area contributed by atoms with Crippen LogP contribution >= 0.6 is 0 Å². The molecule has 4 rings (SSSR count). The summed E-state index contributed by atoms with van der Waals surface area (Å²) in [6, 6.07) is 12.4. The third-order valence-corrected chi connectivity index (χ3v) is 6.79. The summed E-state index contributed by atoms with van der Waals surface area (Å²) in [6.45, 7) is 4.19. The second-order valence-corrected chi connectivity index (χ2v) is 8.70. The molecule has 1 amide bonds. The number of hydrogen-bond donors (Lipinski definition) is 0. The highest BCUT2D eigenvalue weighted by atomic mass is 16.5. The summed E-state index contributed by atoms with van der Waals surface area (Å²) in [5.74, 6) is 3.01. The molecule has 1 saturated heterocycles. The molecule has 0 bridgehead atoms. The van der Waals surface area contributed by atoms with E-state index in [1.807, 2.05) is 23.1 Å². The maximum absolute atomic E-state index is 13.1. The fourth-order valence-corrected chi connectivity index (χ4v) is 4.96. The van der Waals surface area contributed by atoms with Crippen LogP contribution in [0, 0.1) is 0 Å². The number of rotatable bonds is 7. The van der Waals surface area contributed by atoms with Crippen LogP contribution in [0.15, 0.2) is 36.4 Å². The van der Waals surface area contributed by atoms with E-state index in [0.29, 0.717) is 12.3 Å². The minimum Gasteiger partial charge on any atom is -0.497 e. The standard InChI is InChI=1S/C26H34N2O4/c1-30-22-8-9-23-20(16-22)5-4-6-21(23)17-26(29)28-13-11-27(12-14-28)18-19-7-10-24(31-2)25(15-19)32-3/h7-10,15-16,21H,4-6,11-14,17-18H2,1-3H3. The first-order chi connectivity index (χ1) is 15.6. The van der Waals surface area contributed by atoms with Crippen molar-refractivity contribution in [3.05, 3.63) is 53.1 Å². The Bertz CT molecular complexity index is 937. The molecule has 2 aliphatic rings. The number of aryl methyl sites for hydroxylation is 1. The third kappa shape index (κ3) is 5.01. The van der Waals surface area contributed by atoms with Crippen molar-refractivity contribution in [2.75, 3.05) is 47.5 Å². The summed E-state index contributed by atoms with van der Waals surface area (Å²) < 4.78 is 16.1. The molecule has 6 heteroatoms. The fraction of sp³-hybridized carbons (Fsp3) is 0.500. The zero-order valence-corrected chi connectivity index (χ0v) is 19.4. The zero-order chi connectivity index (χ0) is 22.5. The van der Waals surface area contributed by atoms with Gasteiger partial charge in [-0.25, -0.2) is 0 Å². The average molecular weight is 439 g/mol. The van der Waals surface area contributed by atoms with Crippen LogP contribution in [0.4, 0.5) is 0 Å². The number of methoxy groups -OCH3 is 3. The first-order valence-corrected chi connectivity index (χ1v) is 11.5. The van der Waals surface area contributed by atoms with Crippen LogP contribution in [0.3, 0.4) is 0 Å². The van der Waals surface area contributed by atoms with Crippen LogP contribution in [0.25, 0.3) is 0 Å². The van der Waals surface area contributed by atoms with E-state index in [-0.39, 0.29) is 5.91 Å². The minimum atomic E-state index is 0.282. The highest BCUT2D eigenvalue weighted by Crippen LogP contribution is 2.36. The molecular weight excluding hydrogens is 404 g/mol. The normalized spacial score (nSPS) is 18.7. The predicted octanol–water partition coefficient (Wildman–Crippen LogP) is 3.87. The van der Waals surface area contributed by atoms with Crippen LogP contribution in [0.1, 0.15) is 41.9 Å². The van der Waals surface area contributed by atoms with E-state index in [9.17, 15) is 4.79 Å². The van der Waals surface area contributed by atoms with E-state index in [2.05, 4.69) is 23.1 Å². The van der Waals surface area contributed by atoms with Gasteiger partial charge in [0.1, 0.15) is 5.75 Å². The number of benzene rings is 2. The molecule has 1 aliphatic carbocycles. The van der Waals surface area contributed by atoms with Crippen molar-refractivity contribution in [2.45, 2.75) is 38.1 Å². The predicted molar refractivity (Wildman–Crippen MR) is 125 cm³/mol. The van der Waals surface area contributed by atoms with E-state index >= 15 is 0 Å². The van der Waals surface area contributed by atoms with Gasteiger partial charge >= 0.3 is 0 Å². The van der Waals surface area contributed by atoms with E-state index in [1.54, 1.807) is 21.3 Å².